The predicted molar refractivity (Wildman–Crippen MR) is 82.1 cm³/mol. The number of piperazine rings is 1. The van der Waals surface area contributed by atoms with Crippen LogP contribution in [0.4, 0.5) is 11.4 Å². The van der Waals surface area contributed by atoms with Gasteiger partial charge >= 0.3 is 0 Å². The van der Waals surface area contributed by atoms with Crippen molar-refractivity contribution in [1.82, 2.24) is 4.31 Å². The topological polar surface area (TPSA) is 90.5 Å². The zero-order chi connectivity index (χ0) is 14.9. The molecule has 0 atom stereocenters. The Kier molecular flexibility index (Phi) is 4.01. The summed E-state index contributed by atoms with van der Waals surface area (Å²) in [6.07, 6.45) is 2.49. The molecule has 1 aliphatic heterocycles. The molecule has 6 nitrogen and oxygen atoms in total. The average Bonchev–Trinajstić information content (AvgIpc) is 2.37. The van der Waals surface area contributed by atoms with Crippen LogP contribution in [0, 0.1) is 12.3 Å². The maximum Gasteiger partial charge on any atom is 0.211 e. The first-order valence-corrected chi connectivity index (χ1v) is 8.28. The first-order valence-electron chi connectivity index (χ1n) is 6.43. The van der Waals surface area contributed by atoms with Crippen molar-refractivity contribution in [3.8, 4) is 0 Å². The highest BCUT2D eigenvalue weighted by Gasteiger charge is 2.24. The molecule has 1 fully saturated rings. The molecule has 1 saturated heterocycles. The standard InChI is InChI=1S/C13H20N4O2S/c1-10-7-12(15)11(9-14)13(8-10)16-3-5-17(6-4-16)20(2,18)19/h7-9,14H,3-6,15H2,1-2H3. The Hall–Kier alpha value is -1.60. The summed E-state index contributed by atoms with van der Waals surface area (Å²) in [5.74, 6) is 0. The van der Waals surface area contributed by atoms with Gasteiger partial charge in [-0.15, -0.1) is 0 Å². The van der Waals surface area contributed by atoms with Gasteiger partial charge in [0, 0.05) is 49.3 Å². The number of nitrogens with two attached hydrogens (primary N) is 1. The van der Waals surface area contributed by atoms with E-state index in [1.54, 1.807) is 0 Å². The molecule has 0 spiro atoms. The van der Waals surface area contributed by atoms with Gasteiger partial charge in [0.2, 0.25) is 10.0 Å². The fraction of sp³-hybridized carbons (Fsp3) is 0.462. The third-order valence-electron chi connectivity index (χ3n) is 3.53. The molecule has 0 unspecified atom stereocenters. The minimum atomic E-state index is -3.13. The Bertz CT molecular complexity index is 620. The predicted octanol–water partition coefficient (Wildman–Crippen LogP) is 0.656. The van der Waals surface area contributed by atoms with E-state index < -0.39 is 10.0 Å². The lowest BCUT2D eigenvalue weighted by Gasteiger charge is -2.35. The van der Waals surface area contributed by atoms with Crippen LogP contribution in [-0.2, 0) is 10.0 Å². The van der Waals surface area contributed by atoms with Gasteiger partial charge in [0.25, 0.3) is 0 Å². The lowest BCUT2D eigenvalue weighted by atomic mass is 10.1. The van der Waals surface area contributed by atoms with E-state index in [0.29, 0.717) is 37.4 Å². The normalized spacial score (nSPS) is 17.2. The zero-order valence-electron chi connectivity index (χ0n) is 11.8. The summed E-state index contributed by atoms with van der Waals surface area (Å²) in [5, 5.41) is 7.52. The minimum absolute atomic E-state index is 0.462. The van der Waals surface area contributed by atoms with Crippen LogP contribution in [0.15, 0.2) is 12.1 Å². The number of sulfonamides is 1. The second-order valence-corrected chi connectivity index (χ2v) is 7.06. The number of anilines is 2. The van der Waals surface area contributed by atoms with Gasteiger partial charge in [-0.25, -0.2) is 8.42 Å². The third kappa shape index (κ3) is 2.94. The molecular weight excluding hydrogens is 276 g/mol. The molecule has 20 heavy (non-hydrogen) atoms. The van der Waals surface area contributed by atoms with Gasteiger partial charge in [0.05, 0.1) is 6.26 Å². The highest BCUT2D eigenvalue weighted by molar-refractivity contribution is 7.88. The van der Waals surface area contributed by atoms with E-state index in [-0.39, 0.29) is 0 Å². The first-order chi connectivity index (χ1) is 9.32. The Morgan fingerprint density at radius 3 is 2.35 bits per heavy atom. The first kappa shape index (κ1) is 14.8. The van der Waals surface area contributed by atoms with Crippen LogP contribution >= 0.6 is 0 Å². The number of nitrogen functional groups attached to an aromatic ring is 1. The van der Waals surface area contributed by atoms with Crippen LogP contribution in [0.5, 0.6) is 0 Å². The lowest BCUT2D eigenvalue weighted by molar-refractivity contribution is 0.388. The van der Waals surface area contributed by atoms with Gasteiger partial charge in [-0.3, -0.25) is 0 Å². The van der Waals surface area contributed by atoms with Gasteiger partial charge in [-0.2, -0.15) is 4.31 Å². The fourth-order valence-electron chi connectivity index (χ4n) is 2.49. The van der Waals surface area contributed by atoms with E-state index in [4.69, 9.17) is 11.1 Å². The molecule has 110 valence electrons. The second kappa shape index (κ2) is 5.41. The Morgan fingerprint density at radius 1 is 1.25 bits per heavy atom. The highest BCUT2D eigenvalue weighted by atomic mass is 32.2. The van der Waals surface area contributed by atoms with Gasteiger partial charge < -0.3 is 16.0 Å². The second-order valence-electron chi connectivity index (χ2n) is 5.08. The highest BCUT2D eigenvalue weighted by Crippen LogP contribution is 2.27. The van der Waals surface area contributed by atoms with E-state index in [0.717, 1.165) is 11.3 Å². The molecule has 0 aromatic heterocycles. The van der Waals surface area contributed by atoms with Crippen LogP contribution in [0.2, 0.25) is 0 Å². The van der Waals surface area contributed by atoms with E-state index >= 15 is 0 Å². The summed E-state index contributed by atoms with van der Waals surface area (Å²) in [5.41, 5.74) is 9.18. The van der Waals surface area contributed by atoms with Crippen molar-refractivity contribution in [1.29, 1.82) is 5.41 Å². The fourth-order valence-corrected chi connectivity index (χ4v) is 3.31. The van der Waals surface area contributed by atoms with Crippen molar-refractivity contribution in [3.05, 3.63) is 23.3 Å². The van der Waals surface area contributed by atoms with Crippen LogP contribution in [-0.4, -0.2) is 51.4 Å². The van der Waals surface area contributed by atoms with Gasteiger partial charge in [0.1, 0.15) is 0 Å². The summed E-state index contributed by atoms with van der Waals surface area (Å²) >= 11 is 0. The average molecular weight is 296 g/mol. The van der Waals surface area contributed by atoms with Crippen molar-refractivity contribution in [2.75, 3.05) is 43.1 Å². The molecule has 1 aromatic carbocycles. The molecule has 7 heteroatoms. The van der Waals surface area contributed by atoms with Crippen molar-refractivity contribution in [2.24, 2.45) is 0 Å². The molecule has 0 radical (unpaired) electrons. The molecule has 0 saturated carbocycles. The van der Waals surface area contributed by atoms with Crippen molar-refractivity contribution in [3.63, 3.8) is 0 Å². The summed E-state index contributed by atoms with van der Waals surface area (Å²) in [4.78, 5) is 2.09. The quantitative estimate of drug-likeness (QED) is 0.633. The maximum absolute atomic E-state index is 11.5. The number of nitrogens with zero attached hydrogens (tertiary/aromatic N) is 2. The number of rotatable bonds is 3. The molecule has 0 amide bonds. The number of hydrogen-bond acceptors (Lipinski definition) is 5. The van der Waals surface area contributed by atoms with E-state index in [9.17, 15) is 8.42 Å². The van der Waals surface area contributed by atoms with Gasteiger partial charge in [0.15, 0.2) is 0 Å². The Labute approximate surface area is 119 Å². The number of benzene rings is 1. The molecule has 0 bridgehead atoms. The van der Waals surface area contributed by atoms with Crippen LogP contribution in [0.1, 0.15) is 11.1 Å². The molecule has 2 rings (SSSR count). The molecule has 3 N–H and O–H groups in total. The summed E-state index contributed by atoms with van der Waals surface area (Å²) in [6, 6.07) is 3.84. The molecular formula is C13H20N4O2S. The summed E-state index contributed by atoms with van der Waals surface area (Å²) in [6.45, 7) is 4.10. The Morgan fingerprint density at radius 2 is 1.85 bits per heavy atom. The number of aryl methyl sites for hydroxylation is 1. The van der Waals surface area contributed by atoms with Crippen molar-refractivity contribution in [2.45, 2.75) is 6.92 Å². The largest absolute Gasteiger partial charge is 0.398 e. The van der Waals surface area contributed by atoms with Gasteiger partial charge in [-0.05, 0) is 24.6 Å². The van der Waals surface area contributed by atoms with E-state index in [1.807, 2.05) is 19.1 Å². The molecule has 0 aliphatic carbocycles. The number of nitrogens with one attached hydrogen (secondary N) is 1. The minimum Gasteiger partial charge on any atom is -0.398 e. The van der Waals surface area contributed by atoms with Crippen LogP contribution in [0.25, 0.3) is 0 Å². The molecule has 1 heterocycles. The van der Waals surface area contributed by atoms with Gasteiger partial charge in [-0.1, -0.05) is 0 Å². The lowest BCUT2D eigenvalue weighted by Crippen LogP contribution is -2.48. The number of hydrogen-bond donors (Lipinski definition) is 2. The van der Waals surface area contributed by atoms with Crippen molar-refractivity contribution >= 4 is 27.6 Å². The molecule has 1 aromatic rings. The SMILES string of the molecule is Cc1cc(N)c(C=N)c(N2CCN(S(C)(=O)=O)CC2)c1. The Balaban J connectivity index is 2.25. The maximum atomic E-state index is 11.5. The van der Waals surface area contributed by atoms with E-state index in [2.05, 4.69) is 4.90 Å². The monoisotopic (exact) mass is 296 g/mol. The van der Waals surface area contributed by atoms with E-state index in [1.165, 1.54) is 16.8 Å². The smallest absolute Gasteiger partial charge is 0.211 e. The van der Waals surface area contributed by atoms with Crippen LogP contribution < -0.4 is 10.6 Å². The molecule has 1 aliphatic rings. The summed E-state index contributed by atoms with van der Waals surface area (Å²) < 4.78 is 24.5. The van der Waals surface area contributed by atoms with Crippen LogP contribution in [0.3, 0.4) is 0 Å². The zero-order valence-corrected chi connectivity index (χ0v) is 12.6. The van der Waals surface area contributed by atoms with Crippen molar-refractivity contribution < 1.29 is 8.42 Å². The third-order valence-corrected chi connectivity index (χ3v) is 4.83. The summed E-state index contributed by atoms with van der Waals surface area (Å²) in [7, 11) is -3.13.